The van der Waals surface area contributed by atoms with E-state index in [4.69, 9.17) is 26.0 Å². The standard InChI is InChI=1S/C55H36N4/c1-35-25-28-53-45(31-35)47-34-39(58-50-22-9-4-17-42(50)43-18-5-10-23-51(43)58)27-30-55(47)59(53)38-26-29-54-46(33-38)44-19-6-11-24-52(44)57(54)37-14-12-13-36(32-37)56-48-20-7-2-15-40(48)41-16-3-8-21-49(41)56/h2-34H,1H3/i2D,3D,4D,5D,6D,7D,8D,9D,10D,11D,12D,13D,14D,15D,16D,17D,18D,19D,20D,21D,22D,23D,24D,25D,26D,27D,28D,29D,30D,31D,32D,33D,34D. The molecule has 0 unspecified atom stereocenters. The molecule has 13 rings (SSSR count). The summed E-state index contributed by atoms with van der Waals surface area (Å²) < 4.78 is 307. The first-order chi connectivity index (χ1) is 43.0. The number of rotatable bonds is 4. The molecule has 0 N–H and O–H groups in total. The molecule has 13 aromatic rings. The monoisotopic (exact) mass is 786 g/mol. The van der Waals surface area contributed by atoms with Crippen molar-refractivity contribution in [3.05, 3.63) is 205 Å². The van der Waals surface area contributed by atoms with Crippen LogP contribution in [-0.2, 0) is 0 Å². The fraction of sp³-hybridized carbons (Fsp3) is 0.0182. The first kappa shape index (κ1) is 13.9. The van der Waals surface area contributed by atoms with Crippen LogP contribution >= 0.6 is 0 Å². The summed E-state index contributed by atoms with van der Waals surface area (Å²) in [6.07, 6.45) is 0. The Labute approximate surface area is 386 Å². The molecule has 0 aliphatic carbocycles. The van der Waals surface area contributed by atoms with Crippen molar-refractivity contribution < 1.29 is 45.2 Å². The molecule has 0 spiro atoms. The molecule has 0 radical (unpaired) electrons. The number of hydrogen-bond donors (Lipinski definition) is 0. The van der Waals surface area contributed by atoms with Crippen molar-refractivity contribution in [1.29, 1.82) is 0 Å². The molecule has 0 saturated carbocycles. The smallest absolute Gasteiger partial charge is 0.0667 e. The predicted molar refractivity (Wildman–Crippen MR) is 249 cm³/mol. The fourth-order valence-corrected chi connectivity index (χ4v) is 7.70. The fourth-order valence-electron chi connectivity index (χ4n) is 7.70. The van der Waals surface area contributed by atoms with Gasteiger partial charge in [0.15, 0.2) is 0 Å². The summed E-state index contributed by atoms with van der Waals surface area (Å²) in [7, 11) is 0. The second-order valence-electron chi connectivity index (χ2n) is 13.3. The van der Waals surface area contributed by atoms with Crippen LogP contribution in [-0.4, -0.2) is 18.3 Å². The molecular formula is C55H36N4. The Morgan fingerprint density at radius 2 is 0.542 bits per heavy atom. The second kappa shape index (κ2) is 12.1. The van der Waals surface area contributed by atoms with E-state index in [1.807, 2.05) is 0 Å². The van der Waals surface area contributed by atoms with Gasteiger partial charge in [-0.1, -0.05) is 108 Å². The van der Waals surface area contributed by atoms with E-state index < -0.39 is 309 Å². The topological polar surface area (TPSA) is 19.7 Å². The summed E-state index contributed by atoms with van der Waals surface area (Å²) >= 11 is 0. The lowest BCUT2D eigenvalue weighted by Crippen LogP contribution is -1.99. The third-order valence-electron chi connectivity index (χ3n) is 10.1. The first-order valence-electron chi connectivity index (χ1n) is 34.2. The average molecular weight is 786 g/mol. The molecule has 0 bridgehead atoms. The minimum absolute atomic E-state index is 0.220. The Hall–Kier alpha value is -7.82. The zero-order valence-corrected chi connectivity index (χ0v) is 29.8. The third kappa shape index (κ3) is 4.54. The molecule has 276 valence electrons. The summed E-state index contributed by atoms with van der Waals surface area (Å²) in [6.45, 7) is 1.26. The molecular weight excluding hydrogens is 717 g/mol. The lowest BCUT2D eigenvalue weighted by Gasteiger charge is -2.13. The zero-order chi connectivity index (χ0) is 67.5. The van der Waals surface area contributed by atoms with Gasteiger partial charge in [0.25, 0.3) is 0 Å². The van der Waals surface area contributed by atoms with Gasteiger partial charge < -0.3 is 18.3 Å². The largest absolute Gasteiger partial charge is 0.309 e. The van der Waals surface area contributed by atoms with Crippen molar-refractivity contribution in [1.82, 2.24) is 18.3 Å². The van der Waals surface area contributed by atoms with Gasteiger partial charge in [0, 0.05) is 65.8 Å². The third-order valence-corrected chi connectivity index (χ3v) is 10.1. The summed E-state index contributed by atoms with van der Waals surface area (Å²) in [4.78, 5) is 0. The van der Waals surface area contributed by atoms with Gasteiger partial charge in [-0.3, -0.25) is 0 Å². The van der Waals surface area contributed by atoms with E-state index in [-0.39, 0.29) is 5.56 Å². The van der Waals surface area contributed by atoms with Crippen LogP contribution < -0.4 is 0 Å². The van der Waals surface area contributed by atoms with Crippen LogP contribution in [0.3, 0.4) is 0 Å². The quantitative estimate of drug-likeness (QED) is 0.169. The van der Waals surface area contributed by atoms with Crippen molar-refractivity contribution in [2.75, 3.05) is 0 Å². The maximum atomic E-state index is 10.3. The van der Waals surface area contributed by atoms with Gasteiger partial charge >= 0.3 is 0 Å². The van der Waals surface area contributed by atoms with E-state index in [9.17, 15) is 19.2 Å². The van der Waals surface area contributed by atoms with Crippen LogP contribution in [0.15, 0.2) is 199 Å². The normalized spacial score (nSPS) is 20.0. The minimum atomic E-state index is -1.12. The lowest BCUT2D eigenvalue weighted by molar-refractivity contribution is 1.13. The number of nitrogens with zero attached hydrogens (tertiary/aromatic N) is 4. The number of hydrogen-bond acceptors (Lipinski definition) is 0. The second-order valence-corrected chi connectivity index (χ2v) is 13.3. The predicted octanol–water partition coefficient (Wildman–Crippen LogP) is 14.4. The van der Waals surface area contributed by atoms with Gasteiger partial charge in [-0.15, -0.1) is 0 Å². The maximum Gasteiger partial charge on any atom is 0.0667 e. The van der Waals surface area contributed by atoms with Crippen molar-refractivity contribution >= 4 is 87.2 Å². The molecule has 4 aromatic heterocycles. The molecule has 4 heteroatoms. The molecule has 0 aliphatic heterocycles. The molecule has 4 heterocycles. The summed E-state index contributed by atoms with van der Waals surface area (Å²) in [6, 6.07) is -30.2. The molecule has 0 amide bonds. The highest BCUT2D eigenvalue weighted by atomic mass is 15.0. The number of benzene rings is 9. The highest BCUT2D eigenvalue weighted by Crippen LogP contribution is 2.40. The van der Waals surface area contributed by atoms with Crippen molar-refractivity contribution in [2.24, 2.45) is 0 Å². The Morgan fingerprint density at radius 1 is 0.254 bits per heavy atom. The van der Waals surface area contributed by atoms with Gasteiger partial charge in [-0.05, 0) is 104 Å². The number of aromatic nitrogens is 4. The average Bonchev–Trinajstić information content (AvgIpc) is 1.53. The van der Waals surface area contributed by atoms with Crippen LogP contribution in [0.2, 0.25) is 0 Å². The van der Waals surface area contributed by atoms with Crippen LogP contribution in [0.5, 0.6) is 0 Å². The molecule has 0 aliphatic rings. The minimum Gasteiger partial charge on any atom is -0.309 e. The van der Waals surface area contributed by atoms with Gasteiger partial charge in [0.1, 0.15) is 0 Å². The van der Waals surface area contributed by atoms with Crippen LogP contribution in [0.25, 0.3) is 110 Å². The lowest BCUT2D eigenvalue weighted by atomic mass is 10.1. The van der Waals surface area contributed by atoms with Gasteiger partial charge in [-0.2, -0.15) is 0 Å². The van der Waals surface area contributed by atoms with E-state index in [0.717, 1.165) is 9.13 Å². The highest BCUT2D eigenvalue weighted by Gasteiger charge is 2.20. The Morgan fingerprint density at radius 3 is 0.949 bits per heavy atom. The molecule has 4 nitrogen and oxygen atoms in total. The van der Waals surface area contributed by atoms with Crippen molar-refractivity contribution in [2.45, 2.75) is 6.92 Å². The summed E-state index contributed by atoms with van der Waals surface area (Å²) in [5.41, 5.74) is -8.98. The summed E-state index contributed by atoms with van der Waals surface area (Å²) in [5, 5.41) is -4.44. The molecule has 0 atom stereocenters. The Bertz CT molecular complexity index is 5660. The van der Waals surface area contributed by atoms with E-state index in [1.165, 1.54) is 6.92 Å². The van der Waals surface area contributed by atoms with Gasteiger partial charge in [0.2, 0.25) is 0 Å². The van der Waals surface area contributed by atoms with Crippen molar-refractivity contribution in [3.8, 4) is 22.7 Å². The SMILES string of the molecule is [2H]c1c([2H])c(-n2c3c([2H])c([2H])c([2H])c([2H])c3c3c([2H])c([2H])c([2H])c([2H])c32)c([2H])c(-n2c3c([2H])c([2H])c([2H])c([2H])c3c3c([2H])c(-n4c5c([2H])c([2H])c(C)c([2H])c5c5c([2H])c(-n6c7c([2H])c([2H])c([2H])c([2H])c7c7c([2H])c([2H])c([2H])c([2H])c76)c([2H])c([2H])c54)c([2H])c([2H])c32)c1[2H]. The van der Waals surface area contributed by atoms with Crippen LogP contribution in [0.1, 0.15) is 50.8 Å². The number of fused-ring (bicyclic) bond motifs is 12. The highest BCUT2D eigenvalue weighted by molar-refractivity contribution is 6.14. The van der Waals surface area contributed by atoms with E-state index in [0.29, 0.717) is 9.13 Å². The molecule has 0 saturated heterocycles. The first-order valence-corrected chi connectivity index (χ1v) is 17.7. The maximum absolute atomic E-state index is 10.3. The van der Waals surface area contributed by atoms with Crippen LogP contribution in [0.4, 0.5) is 0 Å². The molecule has 59 heavy (non-hydrogen) atoms. The molecule has 9 aromatic carbocycles. The van der Waals surface area contributed by atoms with Gasteiger partial charge in [-0.25, -0.2) is 0 Å². The molecule has 0 fully saturated rings. The van der Waals surface area contributed by atoms with E-state index in [2.05, 4.69) is 0 Å². The number of para-hydroxylation sites is 5. The Kier molecular flexibility index (Phi) is 2.86. The van der Waals surface area contributed by atoms with Crippen molar-refractivity contribution in [3.63, 3.8) is 0 Å². The zero-order valence-electron chi connectivity index (χ0n) is 62.8. The van der Waals surface area contributed by atoms with Crippen LogP contribution in [0, 0.1) is 6.92 Å². The van der Waals surface area contributed by atoms with E-state index in [1.54, 1.807) is 0 Å². The van der Waals surface area contributed by atoms with Gasteiger partial charge in [0.05, 0.1) is 89.4 Å². The summed E-state index contributed by atoms with van der Waals surface area (Å²) in [5.74, 6) is 0. The Balaban J connectivity index is 1.23. The van der Waals surface area contributed by atoms with E-state index >= 15 is 0 Å².